The summed E-state index contributed by atoms with van der Waals surface area (Å²) in [6.45, 7) is 4.59. The summed E-state index contributed by atoms with van der Waals surface area (Å²) in [5.74, 6) is 0. The third-order valence-electron chi connectivity index (χ3n) is 2.80. The SMILES string of the molecule is [CH2]CNC(=O)NC(CCOC)CCc1cccnc1. The molecule has 1 heterocycles. The quantitative estimate of drug-likeness (QED) is 0.749. The number of urea groups is 1. The lowest BCUT2D eigenvalue weighted by Gasteiger charge is -2.18. The monoisotopic (exact) mass is 264 g/mol. The van der Waals surface area contributed by atoms with E-state index in [4.69, 9.17) is 4.74 Å². The normalized spacial score (nSPS) is 11.9. The molecule has 0 bridgehead atoms. The molecule has 1 unspecified atom stereocenters. The summed E-state index contributed by atoms with van der Waals surface area (Å²) in [5.41, 5.74) is 1.17. The van der Waals surface area contributed by atoms with E-state index in [-0.39, 0.29) is 12.1 Å². The van der Waals surface area contributed by atoms with Gasteiger partial charge in [-0.1, -0.05) is 6.07 Å². The van der Waals surface area contributed by atoms with Gasteiger partial charge in [-0.3, -0.25) is 4.98 Å². The van der Waals surface area contributed by atoms with E-state index >= 15 is 0 Å². The Labute approximate surface area is 114 Å². The molecule has 0 spiro atoms. The number of aromatic nitrogens is 1. The molecule has 1 aromatic heterocycles. The number of pyridine rings is 1. The lowest BCUT2D eigenvalue weighted by molar-refractivity contribution is 0.180. The maximum absolute atomic E-state index is 11.5. The van der Waals surface area contributed by atoms with Crippen molar-refractivity contribution < 1.29 is 9.53 Å². The van der Waals surface area contributed by atoms with Crippen LogP contribution in [0, 0.1) is 6.92 Å². The first-order valence-corrected chi connectivity index (χ1v) is 6.47. The highest BCUT2D eigenvalue weighted by Gasteiger charge is 2.11. The van der Waals surface area contributed by atoms with Crippen LogP contribution >= 0.6 is 0 Å². The molecule has 2 amide bonds. The summed E-state index contributed by atoms with van der Waals surface area (Å²) in [5, 5.41) is 5.57. The minimum absolute atomic E-state index is 0.0895. The highest BCUT2D eigenvalue weighted by molar-refractivity contribution is 5.74. The van der Waals surface area contributed by atoms with Crippen LogP contribution in [-0.4, -0.2) is 37.3 Å². The zero-order valence-corrected chi connectivity index (χ0v) is 11.4. The highest BCUT2D eigenvalue weighted by atomic mass is 16.5. The van der Waals surface area contributed by atoms with Crippen LogP contribution in [-0.2, 0) is 11.2 Å². The molecule has 1 radical (unpaired) electrons. The summed E-state index contributed by atoms with van der Waals surface area (Å²) in [4.78, 5) is 15.6. The number of ether oxygens (including phenoxy) is 1. The number of rotatable bonds is 8. The average molecular weight is 264 g/mol. The number of nitrogens with one attached hydrogen (secondary N) is 2. The van der Waals surface area contributed by atoms with Crippen LogP contribution in [0.2, 0.25) is 0 Å². The molecule has 0 aromatic carbocycles. The number of carbonyl (C=O) groups is 1. The molecular weight excluding hydrogens is 242 g/mol. The zero-order chi connectivity index (χ0) is 13.9. The van der Waals surface area contributed by atoms with Crippen LogP contribution in [0.25, 0.3) is 0 Å². The smallest absolute Gasteiger partial charge is 0.315 e. The van der Waals surface area contributed by atoms with Gasteiger partial charge >= 0.3 is 6.03 Å². The first-order valence-electron chi connectivity index (χ1n) is 6.47. The second kappa shape index (κ2) is 9.33. The molecule has 0 aliphatic carbocycles. The summed E-state index contributed by atoms with van der Waals surface area (Å²) in [6.07, 6.45) is 6.14. The summed E-state index contributed by atoms with van der Waals surface area (Å²) < 4.78 is 5.07. The largest absolute Gasteiger partial charge is 0.385 e. The molecule has 0 aliphatic heterocycles. The van der Waals surface area contributed by atoms with Crippen molar-refractivity contribution in [3.8, 4) is 0 Å². The Bertz CT molecular complexity index is 357. The van der Waals surface area contributed by atoms with Crippen molar-refractivity contribution in [3.63, 3.8) is 0 Å². The summed E-state index contributed by atoms with van der Waals surface area (Å²) in [7, 11) is 1.66. The van der Waals surface area contributed by atoms with Crippen LogP contribution < -0.4 is 10.6 Å². The molecule has 105 valence electrons. The molecule has 1 atom stereocenters. The van der Waals surface area contributed by atoms with Crippen molar-refractivity contribution in [2.75, 3.05) is 20.3 Å². The molecule has 0 saturated heterocycles. The van der Waals surface area contributed by atoms with Crippen molar-refractivity contribution in [1.29, 1.82) is 0 Å². The van der Waals surface area contributed by atoms with E-state index in [2.05, 4.69) is 22.5 Å². The fourth-order valence-electron chi connectivity index (χ4n) is 1.79. The molecule has 0 saturated carbocycles. The van der Waals surface area contributed by atoms with E-state index in [1.807, 2.05) is 18.3 Å². The molecule has 0 fully saturated rings. The lowest BCUT2D eigenvalue weighted by Crippen LogP contribution is -2.42. The number of hydrogen-bond donors (Lipinski definition) is 2. The summed E-state index contributed by atoms with van der Waals surface area (Å²) in [6, 6.07) is 3.87. The van der Waals surface area contributed by atoms with E-state index in [1.54, 1.807) is 13.3 Å². The van der Waals surface area contributed by atoms with Gasteiger partial charge in [-0.15, -0.1) is 0 Å². The third-order valence-corrected chi connectivity index (χ3v) is 2.80. The van der Waals surface area contributed by atoms with Gasteiger partial charge in [-0.25, -0.2) is 4.79 Å². The van der Waals surface area contributed by atoms with Gasteiger partial charge in [0.25, 0.3) is 0 Å². The Kier molecular flexibility index (Phi) is 7.58. The minimum atomic E-state index is -0.178. The molecule has 2 N–H and O–H groups in total. The van der Waals surface area contributed by atoms with Crippen LogP contribution in [0.1, 0.15) is 18.4 Å². The number of hydrogen-bond acceptors (Lipinski definition) is 3. The van der Waals surface area contributed by atoms with E-state index in [0.717, 1.165) is 19.3 Å². The number of amides is 2. The molecule has 5 nitrogen and oxygen atoms in total. The van der Waals surface area contributed by atoms with Crippen LogP contribution in [0.5, 0.6) is 0 Å². The molecule has 5 heteroatoms. The van der Waals surface area contributed by atoms with E-state index in [9.17, 15) is 4.79 Å². The minimum Gasteiger partial charge on any atom is -0.385 e. The van der Waals surface area contributed by atoms with Crippen LogP contribution in [0.4, 0.5) is 4.79 Å². The summed E-state index contributed by atoms with van der Waals surface area (Å²) >= 11 is 0. The molecule has 0 aliphatic rings. The molecule has 1 rings (SSSR count). The first kappa shape index (κ1) is 15.4. The number of nitrogens with zero attached hydrogens (tertiary/aromatic N) is 1. The molecular formula is C14H22N3O2. The van der Waals surface area contributed by atoms with Gasteiger partial charge in [-0.2, -0.15) is 0 Å². The van der Waals surface area contributed by atoms with E-state index in [1.165, 1.54) is 5.56 Å². The maximum Gasteiger partial charge on any atom is 0.315 e. The fraction of sp³-hybridized carbons (Fsp3) is 0.500. The standard InChI is InChI=1S/C14H22N3O2/c1-3-16-14(18)17-13(8-10-19-2)7-6-12-5-4-9-15-11-12/h4-5,9,11,13H,1,3,6-8,10H2,2H3,(H2,16,17,18). The zero-order valence-electron chi connectivity index (χ0n) is 11.4. The Hall–Kier alpha value is -1.62. The Balaban J connectivity index is 2.42. The third kappa shape index (κ3) is 6.76. The Morgan fingerprint density at radius 1 is 1.53 bits per heavy atom. The van der Waals surface area contributed by atoms with Gasteiger partial charge in [0.15, 0.2) is 0 Å². The Morgan fingerprint density at radius 3 is 3.00 bits per heavy atom. The van der Waals surface area contributed by atoms with Crippen LogP contribution in [0.15, 0.2) is 24.5 Å². The van der Waals surface area contributed by atoms with Gasteiger partial charge in [0, 0.05) is 38.7 Å². The molecule has 1 aromatic rings. The van der Waals surface area contributed by atoms with Crippen molar-refractivity contribution >= 4 is 6.03 Å². The van der Waals surface area contributed by atoms with Crippen molar-refractivity contribution in [3.05, 3.63) is 37.0 Å². The van der Waals surface area contributed by atoms with Gasteiger partial charge in [0.05, 0.1) is 0 Å². The second-order valence-corrected chi connectivity index (χ2v) is 4.28. The lowest BCUT2D eigenvalue weighted by atomic mass is 10.0. The van der Waals surface area contributed by atoms with E-state index in [0.29, 0.717) is 13.2 Å². The number of aryl methyl sites for hydroxylation is 1. The average Bonchev–Trinajstić information content (AvgIpc) is 2.43. The van der Waals surface area contributed by atoms with Crippen molar-refractivity contribution in [1.82, 2.24) is 15.6 Å². The fourth-order valence-corrected chi connectivity index (χ4v) is 1.79. The van der Waals surface area contributed by atoms with Gasteiger partial charge < -0.3 is 15.4 Å². The highest BCUT2D eigenvalue weighted by Crippen LogP contribution is 2.06. The predicted molar refractivity (Wildman–Crippen MR) is 74.7 cm³/mol. The predicted octanol–water partition coefficient (Wildman–Crippen LogP) is 1.55. The van der Waals surface area contributed by atoms with E-state index < -0.39 is 0 Å². The Morgan fingerprint density at radius 2 is 2.37 bits per heavy atom. The van der Waals surface area contributed by atoms with Crippen molar-refractivity contribution in [2.24, 2.45) is 0 Å². The number of methoxy groups -OCH3 is 1. The van der Waals surface area contributed by atoms with Crippen molar-refractivity contribution in [2.45, 2.75) is 25.3 Å². The van der Waals surface area contributed by atoms with Gasteiger partial charge in [-0.05, 0) is 37.8 Å². The first-order chi connectivity index (χ1) is 9.26. The van der Waals surface area contributed by atoms with Gasteiger partial charge in [0.1, 0.15) is 0 Å². The van der Waals surface area contributed by atoms with Gasteiger partial charge in [0.2, 0.25) is 0 Å². The second-order valence-electron chi connectivity index (χ2n) is 4.28. The van der Waals surface area contributed by atoms with Crippen LogP contribution in [0.3, 0.4) is 0 Å². The molecule has 19 heavy (non-hydrogen) atoms. The topological polar surface area (TPSA) is 63.2 Å². The number of carbonyl (C=O) groups excluding carboxylic acids is 1. The maximum atomic E-state index is 11.5.